The van der Waals surface area contributed by atoms with E-state index >= 15 is 0 Å². The van der Waals surface area contributed by atoms with Gasteiger partial charge in [-0.2, -0.15) is 0 Å². The van der Waals surface area contributed by atoms with Gasteiger partial charge in [-0.3, -0.25) is 4.79 Å². The van der Waals surface area contributed by atoms with E-state index in [9.17, 15) is 4.79 Å². The second kappa shape index (κ2) is 6.36. The Morgan fingerprint density at radius 1 is 1.18 bits per heavy atom. The van der Waals surface area contributed by atoms with Gasteiger partial charge in [-0.25, -0.2) is 0 Å². The molecular weight excluding hydrogens is 216 g/mol. The summed E-state index contributed by atoms with van der Waals surface area (Å²) < 4.78 is 5.30. The zero-order valence-corrected chi connectivity index (χ0v) is 10.6. The zero-order valence-electron chi connectivity index (χ0n) is 10.6. The van der Waals surface area contributed by atoms with E-state index in [4.69, 9.17) is 10.5 Å². The molecule has 0 radical (unpaired) electrons. The lowest BCUT2D eigenvalue weighted by Gasteiger charge is -2.35. The molecule has 0 aromatic heterocycles. The molecule has 0 aromatic rings. The van der Waals surface area contributed by atoms with Crippen molar-refractivity contribution in [2.24, 2.45) is 17.6 Å². The Labute approximate surface area is 103 Å². The van der Waals surface area contributed by atoms with Crippen molar-refractivity contribution < 1.29 is 9.53 Å². The van der Waals surface area contributed by atoms with Crippen LogP contribution in [0.25, 0.3) is 0 Å². The number of amides is 1. The van der Waals surface area contributed by atoms with Crippen molar-refractivity contribution in [2.45, 2.75) is 32.1 Å². The van der Waals surface area contributed by atoms with Crippen LogP contribution in [0.3, 0.4) is 0 Å². The molecular formula is C13H24N2O2. The third-order valence-corrected chi connectivity index (χ3v) is 4.07. The number of hydrogen-bond acceptors (Lipinski definition) is 3. The van der Waals surface area contributed by atoms with E-state index in [0.717, 1.165) is 70.9 Å². The predicted molar refractivity (Wildman–Crippen MR) is 66.5 cm³/mol. The number of carbonyl (C=O) groups excluding carboxylic acids is 1. The molecule has 0 unspecified atom stereocenters. The van der Waals surface area contributed by atoms with Crippen LogP contribution in [0.5, 0.6) is 0 Å². The molecule has 0 bridgehead atoms. The molecule has 98 valence electrons. The average Bonchev–Trinajstić information content (AvgIpc) is 2.40. The van der Waals surface area contributed by atoms with Crippen molar-refractivity contribution in [2.75, 3.05) is 32.8 Å². The van der Waals surface area contributed by atoms with Crippen molar-refractivity contribution in [3.8, 4) is 0 Å². The molecule has 1 amide bonds. The fourth-order valence-electron chi connectivity index (χ4n) is 2.88. The fourth-order valence-corrected chi connectivity index (χ4v) is 2.88. The minimum Gasteiger partial charge on any atom is -0.381 e. The standard InChI is InChI=1S/C13H24N2O2/c14-6-1-11-2-7-15(8-3-11)13(16)12-4-9-17-10-5-12/h11-12H,1-10,14H2. The predicted octanol–water partition coefficient (Wildman–Crippen LogP) is 1.00. The maximum atomic E-state index is 12.3. The first kappa shape index (κ1) is 12.8. The third-order valence-electron chi connectivity index (χ3n) is 4.07. The summed E-state index contributed by atoms with van der Waals surface area (Å²) in [5.74, 6) is 1.31. The van der Waals surface area contributed by atoms with Gasteiger partial charge in [0.1, 0.15) is 0 Å². The molecule has 2 heterocycles. The molecule has 0 aliphatic carbocycles. The minimum atomic E-state index is 0.217. The highest BCUT2D eigenvalue weighted by Gasteiger charge is 2.28. The summed E-state index contributed by atoms with van der Waals surface area (Å²) in [5.41, 5.74) is 5.58. The monoisotopic (exact) mass is 240 g/mol. The maximum absolute atomic E-state index is 12.3. The molecule has 0 aromatic carbocycles. The van der Waals surface area contributed by atoms with Crippen LogP contribution in [0.4, 0.5) is 0 Å². The summed E-state index contributed by atoms with van der Waals surface area (Å²) >= 11 is 0. The van der Waals surface area contributed by atoms with Gasteiger partial charge in [0.2, 0.25) is 5.91 Å². The number of hydrogen-bond donors (Lipinski definition) is 1. The maximum Gasteiger partial charge on any atom is 0.225 e. The molecule has 0 atom stereocenters. The molecule has 4 nitrogen and oxygen atoms in total. The van der Waals surface area contributed by atoms with Gasteiger partial charge in [0, 0.05) is 32.2 Å². The summed E-state index contributed by atoms with van der Waals surface area (Å²) in [6.07, 6.45) is 5.18. The molecule has 4 heteroatoms. The van der Waals surface area contributed by atoms with Gasteiger partial charge in [0.25, 0.3) is 0 Å². The summed E-state index contributed by atoms with van der Waals surface area (Å²) in [4.78, 5) is 14.3. The Bertz CT molecular complexity index is 244. The van der Waals surface area contributed by atoms with Gasteiger partial charge < -0.3 is 15.4 Å². The summed E-state index contributed by atoms with van der Waals surface area (Å²) in [6, 6.07) is 0. The number of rotatable bonds is 3. The topological polar surface area (TPSA) is 55.6 Å². The van der Waals surface area contributed by atoms with Gasteiger partial charge in [0.05, 0.1) is 0 Å². The van der Waals surface area contributed by atoms with E-state index in [0.29, 0.717) is 5.91 Å². The summed E-state index contributed by atoms with van der Waals surface area (Å²) in [6.45, 7) is 4.14. The Balaban J connectivity index is 1.77. The highest BCUT2D eigenvalue weighted by atomic mass is 16.5. The zero-order chi connectivity index (χ0) is 12.1. The van der Waals surface area contributed by atoms with E-state index in [1.807, 2.05) is 0 Å². The van der Waals surface area contributed by atoms with Gasteiger partial charge in [0.15, 0.2) is 0 Å². The van der Waals surface area contributed by atoms with Crippen molar-refractivity contribution in [1.29, 1.82) is 0 Å². The van der Waals surface area contributed by atoms with Crippen LogP contribution in [0.2, 0.25) is 0 Å². The highest BCUT2D eigenvalue weighted by Crippen LogP contribution is 2.24. The number of ether oxygens (including phenoxy) is 1. The fraction of sp³-hybridized carbons (Fsp3) is 0.923. The second-order valence-corrected chi connectivity index (χ2v) is 5.23. The van der Waals surface area contributed by atoms with Gasteiger partial charge in [-0.15, -0.1) is 0 Å². The Kier molecular flexibility index (Phi) is 4.80. The highest BCUT2D eigenvalue weighted by molar-refractivity contribution is 5.79. The van der Waals surface area contributed by atoms with Crippen LogP contribution in [-0.4, -0.2) is 43.7 Å². The van der Waals surface area contributed by atoms with Crippen LogP contribution in [0, 0.1) is 11.8 Å². The lowest BCUT2D eigenvalue weighted by Crippen LogP contribution is -2.43. The molecule has 0 spiro atoms. The van der Waals surface area contributed by atoms with E-state index in [-0.39, 0.29) is 5.92 Å². The van der Waals surface area contributed by atoms with E-state index in [1.54, 1.807) is 0 Å². The smallest absolute Gasteiger partial charge is 0.225 e. The molecule has 2 saturated heterocycles. The SMILES string of the molecule is NCCC1CCN(C(=O)C2CCOCC2)CC1. The Morgan fingerprint density at radius 2 is 1.82 bits per heavy atom. The summed E-state index contributed by atoms with van der Waals surface area (Å²) in [7, 11) is 0. The lowest BCUT2D eigenvalue weighted by atomic mass is 9.91. The van der Waals surface area contributed by atoms with E-state index < -0.39 is 0 Å². The quantitative estimate of drug-likeness (QED) is 0.800. The third kappa shape index (κ3) is 3.42. The molecule has 0 saturated carbocycles. The molecule has 2 aliphatic rings. The first-order chi connectivity index (χ1) is 8.31. The number of nitrogens with zero attached hydrogens (tertiary/aromatic N) is 1. The number of nitrogens with two attached hydrogens (primary N) is 1. The summed E-state index contributed by atoms with van der Waals surface area (Å²) in [5, 5.41) is 0. The van der Waals surface area contributed by atoms with Gasteiger partial charge >= 0.3 is 0 Å². The van der Waals surface area contributed by atoms with Crippen LogP contribution in [0.15, 0.2) is 0 Å². The number of carbonyl (C=O) groups is 1. The molecule has 2 N–H and O–H groups in total. The number of likely N-dealkylation sites (tertiary alicyclic amines) is 1. The van der Waals surface area contributed by atoms with Crippen molar-refractivity contribution in [3.63, 3.8) is 0 Å². The average molecular weight is 240 g/mol. The van der Waals surface area contributed by atoms with E-state index in [1.165, 1.54) is 0 Å². The lowest BCUT2D eigenvalue weighted by molar-refractivity contribution is -0.140. The molecule has 2 rings (SSSR count). The van der Waals surface area contributed by atoms with Crippen molar-refractivity contribution in [3.05, 3.63) is 0 Å². The second-order valence-electron chi connectivity index (χ2n) is 5.23. The van der Waals surface area contributed by atoms with Crippen molar-refractivity contribution in [1.82, 2.24) is 4.90 Å². The van der Waals surface area contributed by atoms with Crippen LogP contribution < -0.4 is 5.73 Å². The largest absolute Gasteiger partial charge is 0.381 e. The first-order valence-electron chi connectivity index (χ1n) is 6.88. The first-order valence-corrected chi connectivity index (χ1v) is 6.88. The van der Waals surface area contributed by atoms with Gasteiger partial charge in [-0.05, 0) is 44.6 Å². The molecule has 2 fully saturated rings. The van der Waals surface area contributed by atoms with Crippen LogP contribution in [0.1, 0.15) is 32.1 Å². The van der Waals surface area contributed by atoms with E-state index in [2.05, 4.69) is 4.90 Å². The molecule has 2 aliphatic heterocycles. The van der Waals surface area contributed by atoms with Crippen LogP contribution in [-0.2, 0) is 9.53 Å². The van der Waals surface area contributed by atoms with Gasteiger partial charge in [-0.1, -0.05) is 0 Å². The van der Waals surface area contributed by atoms with Crippen molar-refractivity contribution >= 4 is 5.91 Å². The normalized spacial score (nSPS) is 23.9. The number of piperidine rings is 1. The van der Waals surface area contributed by atoms with Crippen LogP contribution >= 0.6 is 0 Å². The minimum absolute atomic E-state index is 0.217. The Morgan fingerprint density at radius 3 is 2.41 bits per heavy atom. The Hall–Kier alpha value is -0.610. The molecule has 17 heavy (non-hydrogen) atoms.